The smallest absolute Gasteiger partial charge is 0.167 e. The van der Waals surface area contributed by atoms with Gasteiger partial charge in [-0.25, -0.2) is 15.0 Å². The van der Waals surface area contributed by atoms with Crippen molar-refractivity contribution in [3.63, 3.8) is 0 Å². The maximum absolute atomic E-state index is 9.99. The van der Waals surface area contributed by atoms with Gasteiger partial charge < -0.3 is 20.3 Å². The van der Waals surface area contributed by atoms with E-state index in [1.807, 2.05) is 0 Å². The van der Waals surface area contributed by atoms with Gasteiger partial charge >= 0.3 is 0 Å². The van der Waals surface area contributed by atoms with Crippen LogP contribution in [0.4, 0.5) is 5.82 Å². The topological polar surface area (TPSA) is 105 Å². The second kappa shape index (κ2) is 7.22. The van der Waals surface area contributed by atoms with Gasteiger partial charge in [-0.1, -0.05) is 29.8 Å². The monoisotopic (exact) mass is 369 g/mol. The lowest BCUT2D eigenvalue weighted by molar-refractivity contribution is -0.0432. The van der Waals surface area contributed by atoms with Gasteiger partial charge in [0.25, 0.3) is 0 Å². The quantitative estimate of drug-likeness (QED) is 0.631. The normalized spacial score (nSPS) is 23.6. The number of aliphatic hydroxyl groups is 2. The molecule has 3 N–H and O–H groups in total. The van der Waals surface area contributed by atoms with Crippen LogP contribution < -0.4 is 5.32 Å². The van der Waals surface area contributed by atoms with Gasteiger partial charge in [0.1, 0.15) is 18.7 Å². The molecule has 0 amide bonds. The molecule has 1 fully saturated rings. The second-order valence-electron chi connectivity index (χ2n) is 6.94. The first kappa shape index (κ1) is 17.8. The first-order valence-corrected chi connectivity index (χ1v) is 9.02. The molecule has 0 saturated carbocycles. The lowest BCUT2D eigenvalue weighted by Gasteiger charge is -2.16. The maximum atomic E-state index is 9.99. The molecule has 8 nitrogen and oxygen atoms in total. The fraction of sp³-hybridized carbons (Fsp3) is 0.421. The van der Waals surface area contributed by atoms with Crippen molar-refractivity contribution in [2.75, 3.05) is 11.9 Å². The number of rotatable bonds is 5. The minimum absolute atomic E-state index is 0.0529. The predicted molar refractivity (Wildman–Crippen MR) is 100 cm³/mol. The van der Waals surface area contributed by atoms with Gasteiger partial charge in [0.05, 0.1) is 25.1 Å². The Morgan fingerprint density at radius 2 is 2.04 bits per heavy atom. The third-order valence-corrected chi connectivity index (χ3v) is 4.98. The fourth-order valence-electron chi connectivity index (χ4n) is 3.36. The summed E-state index contributed by atoms with van der Waals surface area (Å²) in [5, 5.41) is 22.7. The Morgan fingerprint density at radius 3 is 2.74 bits per heavy atom. The van der Waals surface area contributed by atoms with Crippen molar-refractivity contribution < 1.29 is 14.9 Å². The molecule has 1 aliphatic heterocycles. The third kappa shape index (κ3) is 3.39. The Hall–Kier alpha value is -2.55. The molecular formula is C19H23N5O3. The fourth-order valence-corrected chi connectivity index (χ4v) is 3.36. The maximum Gasteiger partial charge on any atom is 0.167 e. The van der Waals surface area contributed by atoms with E-state index in [0.717, 1.165) is 5.56 Å². The van der Waals surface area contributed by atoms with Crippen molar-refractivity contribution in [1.29, 1.82) is 0 Å². The zero-order valence-electron chi connectivity index (χ0n) is 15.3. The van der Waals surface area contributed by atoms with Crippen LogP contribution in [-0.4, -0.2) is 48.5 Å². The lowest BCUT2D eigenvalue weighted by Crippen LogP contribution is -2.24. The summed E-state index contributed by atoms with van der Waals surface area (Å²) in [5.41, 5.74) is 3.63. The average molecular weight is 369 g/mol. The highest BCUT2D eigenvalue weighted by atomic mass is 16.5. The number of benzene rings is 1. The standard InChI is InChI=1S/C19H23N5O3/c1-11-3-5-13(6-4-11)12(2)23-18-17-19(21-9-20-18)24(10-22-17)16-7-14(26)15(8-25)27-16/h3-6,9-10,12,14-16,25-26H,7-8H2,1-2H3,(H,20,21,23)/t12-,14?,15+,16+/m0/s1. The van der Waals surface area contributed by atoms with Gasteiger partial charge in [-0.05, 0) is 19.4 Å². The number of anilines is 1. The molecule has 4 atom stereocenters. The number of imidazole rings is 1. The third-order valence-electron chi connectivity index (χ3n) is 4.98. The Balaban J connectivity index is 1.60. The van der Waals surface area contributed by atoms with Gasteiger partial charge in [0.2, 0.25) is 0 Å². The van der Waals surface area contributed by atoms with Crippen LogP contribution in [0.15, 0.2) is 36.9 Å². The molecule has 0 bridgehead atoms. The molecule has 3 heterocycles. The molecule has 1 aromatic carbocycles. The van der Waals surface area contributed by atoms with Crippen LogP contribution in [0.5, 0.6) is 0 Å². The Kier molecular flexibility index (Phi) is 4.77. The van der Waals surface area contributed by atoms with E-state index in [4.69, 9.17) is 4.74 Å². The summed E-state index contributed by atoms with van der Waals surface area (Å²) < 4.78 is 7.49. The minimum atomic E-state index is -0.710. The van der Waals surface area contributed by atoms with Crippen molar-refractivity contribution in [2.24, 2.45) is 0 Å². The van der Waals surface area contributed by atoms with E-state index in [0.29, 0.717) is 23.4 Å². The number of aryl methyl sites for hydroxylation is 1. The summed E-state index contributed by atoms with van der Waals surface area (Å²) in [4.78, 5) is 13.1. The SMILES string of the molecule is Cc1ccc([C@H](C)Nc2ncnc3c2ncn3[C@H]2CC(O)[C@@H](CO)O2)cc1. The van der Waals surface area contributed by atoms with E-state index in [2.05, 4.69) is 58.4 Å². The number of hydrogen-bond donors (Lipinski definition) is 3. The van der Waals surface area contributed by atoms with Crippen molar-refractivity contribution in [1.82, 2.24) is 19.5 Å². The summed E-state index contributed by atoms with van der Waals surface area (Å²) in [6.07, 6.45) is 1.78. The largest absolute Gasteiger partial charge is 0.394 e. The minimum Gasteiger partial charge on any atom is -0.394 e. The average Bonchev–Trinajstić information content (AvgIpc) is 3.26. The van der Waals surface area contributed by atoms with Crippen LogP contribution >= 0.6 is 0 Å². The molecule has 0 spiro atoms. The van der Waals surface area contributed by atoms with Crippen LogP contribution in [0.25, 0.3) is 11.2 Å². The van der Waals surface area contributed by atoms with E-state index in [1.165, 1.54) is 11.9 Å². The Morgan fingerprint density at radius 1 is 1.26 bits per heavy atom. The first-order chi connectivity index (χ1) is 13.1. The van der Waals surface area contributed by atoms with Crippen LogP contribution in [0, 0.1) is 6.92 Å². The first-order valence-electron chi connectivity index (χ1n) is 9.02. The van der Waals surface area contributed by atoms with Gasteiger partial charge in [-0.2, -0.15) is 0 Å². The van der Waals surface area contributed by atoms with Crippen molar-refractivity contribution in [3.05, 3.63) is 48.0 Å². The number of nitrogens with one attached hydrogen (secondary N) is 1. The predicted octanol–water partition coefficient (Wildman–Crippen LogP) is 1.95. The van der Waals surface area contributed by atoms with Gasteiger partial charge in [-0.15, -0.1) is 0 Å². The summed E-state index contributed by atoms with van der Waals surface area (Å²) in [6.45, 7) is 3.91. The van der Waals surface area contributed by atoms with Crippen LogP contribution in [-0.2, 0) is 4.74 Å². The molecule has 4 rings (SSSR count). The molecule has 27 heavy (non-hydrogen) atoms. The molecule has 0 radical (unpaired) electrons. The second-order valence-corrected chi connectivity index (χ2v) is 6.94. The molecule has 1 unspecified atom stereocenters. The number of aromatic nitrogens is 4. The zero-order valence-corrected chi connectivity index (χ0v) is 15.3. The molecular weight excluding hydrogens is 346 g/mol. The summed E-state index contributed by atoms with van der Waals surface area (Å²) in [6, 6.07) is 8.40. The Bertz CT molecular complexity index is 927. The van der Waals surface area contributed by atoms with E-state index in [1.54, 1.807) is 10.9 Å². The summed E-state index contributed by atoms with van der Waals surface area (Å²) in [5.74, 6) is 0.643. The molecule has 142 valence electrons. The lowest BCUT2D eigenvalue weighted by atomic mass is 10.1. The number of aliphatic hydroxyl groups excluding tert-OH is 2. The van der Waals surface area contributed by atoms with E-state index in [-0.39, 0.29) is 12.6 Å². The molecule has 3 aromatic rings. The molecule has 0 aliphatic carbocycles. The van der Waals surface area contributed by atoms with Crippen molar-refractivity contribution >= 4 is 17.0 Å². The van der Waals surface area contributed by atoms with Crippen LogP contribution in [0.2, 0.25) is 0 Å². The highest BCUT2D eigenvalue weighted by Gasteiger charge is 2.35. The molecule has 1 saturated heterocycles. The van der Waals surface area contributed by atoms with Gasteiger partial charge in [-0.3, -0.25) is 4.57 Å². The molecule has 1 aliphatic rings. The highest BCUT2D eigenvalue weighted by molar-refractivity contribution is 5.82. The van der Waals surface area contributed by atoms with Crippen LogP contribution in [0.1, 0.15) is 36.7 Å². The highest BCUT2D eigenvalue weighted by Crippen LogP contribution is 2.32. The summed E-state index contributed by atoms with van der Waals surface area (Å²) in [7, 11) is 0. The van der Waals surface area contributed by atoms with Gasteiger partial charge in [0.15, 0.2) is 17.0 Å². The number of nitrogens with zero attached hydrogens (tertiary/aromatic N) is 4. The Labute approximate surface area is 156 Å². The number of ether oxygens (including phenoxy) is 1. The molecule has 2 aromatic heterocycles. The zero-order chi connectivity index (χ0) is 19.0. The number of fused-ring (bicyclic) bond motifs is 1. The van der Waals surface area contributed by atoms with E-state index >= 15 is 0 Å². The van der Waals surface area contributed by atoms with Crippen molar-refractivity contribution in [2.45, 2.75) is 44.7 Å². The molecule has 8 heteroatoms. The van der Waals surface area contributed by atoms with E-state index < -0.39 is 18.4 Å². The number of hydrogen-bond acceptors (Lipinski definition) is 7. The van der Waals surface area contributed by atoms with Crippen LogP contribution in [0.3, 0.4) is 0 Å². The van der Waals surface area contributed by atoms with E-state index in [9.17, 15) is 10.2 Å². The van der Waals surface area contributed by atoms with Gasteiger partial charge in [0, 0.05) is 6.42 Å². The van der Waals surface area contributed by atoms with Crippen molar-refractivity contribution in [3.8, 4) is 0 Å². The summed E-state index contributed by atoms with van der Waals surface area (Å²) >= 11 is 0.